The Hall–Kier alpha value is 0.420. The molecule has 0 aliphatic heterocycles. The lowest BCUT2D eigenvalue weighted by atomic mass is 10.2. The van der Waals surface area contributed by atoms with E-state index in [1.807, 2.05) is 13.0 Å². The van der Waals surface area contributed by atoms with Crippen LogP contribution in [-0.2, 0) is 0 Å². The van der Waals surface area contributed by atoms with Crippen LogP contribution < -0.4 is 5.32 Å². The van der Waals surface area contributed by atoms with Gasteiger partial charge in [0.1, 0.15) is 0 Å². The van der Waals surface area contributed by atoms with E-state index in [9.17, 15) is 4.79 Å². The van der Waals surface area contributed by atoms with Crippen molar-refractivity contribution in [3.63, 3.8) is 0 Å². The lowest BCUT2D eigenvalue weighted by Crippen LogP contribution is -2.25. The van der Waals surface area contributed by atoms with Gasteiger partial charge >= 0.3 is 0 Å². The summed E-state index contributed by atoms with van der Waals surface area (Å²) in [6.45, 7) is 2.65. The molecule has 0 radical (unpaired) electrons. The molecule has 1 aromatic heterocycles. The maximum Gasteiger partial charge on any atom is 0.261 e. The molecule has 6 heteroatoms. The quantitative estimate of drug-likeness (QED) is 0.743. The number of carbonyl (C=O) groups is 1. The molecule has 0 aliphatic rings. The van der Waals surface area contributed by atoms with Gasteiger partial charge in [0.15, 0.2) is 0 Å². The minimum atomic E-state index is -0.0450. The fraction of sp³-hybridized carbons (Fsp3) is 0.500. The zero-order valence-electron chi connectivity index (χ0n) is 8.73. The van der Waals surface area contributed by atoms with E-state index in [2.05, 4.69) is 37.2 Å². The monoisotopic (exact) mass is 387 g/mol. The summed E-state index contributed by atoms with van der Waals surface area (Å²) in [5.41, 5.74) is 0. The maximum atomic E-state index is 11.7. The second-order valence-electron chi connectivity index (χ2n) is 3.28. The molecule has 0 fully saturated rings. The Kier molecular flexibility index (Phi) is 6.32. The number of amides is 1. The number of hydrogen-bond donors (Lipinski definition) is 1. The Balaban J connectivity index is 2.41. The predicted molar refractivity (Wildman–Crippen MR) is 76.6 cm³/mol. The average molecular weight is 390 g/mol. The highest BCUT2D eigenvalue weighted by molar-refractivity contribution is 9.13. The van der Waals surface area contributed by atoms with Gasteiger partial charge in [-0.2, -0.15) is 0 Å². The molecule has 0 saturated carbocycles. The Morgan fingerprint density at radius 3 is 2.81 bits per heavy atom. The van der Waals surface area contributed by atoms with Crippen LogP contribution >= 0.6 is 54.8 Å². The summed E-state index contributed by atoms with van der Waals surface area (Å²) >= 11 is 14.1. The number of alkyl halides is 1. The Morgan fingerprint density at radius 1 is 1.62 bits per heavy atom. The molecule has 0 aliphatic carbocycles. The third-order valence-electron chi connectivity index (χ3n) is 2.06. The highest BCUT2D eigenvalue weighted by Gasteiger charge is 2.11. The molecule has 2 nitrogen and oxygen atoms in total. The van der Waals surface area contributed by atoms with Crippen molar-refractivity contribution in [1.29, 1.82) is 0 Å². The second kappa shape index (κ2) is 6.99. The first-order valence-electron chi connectivity index (χ1n) is 4.91. The van der Waals surface area contributed by atoms with Crippen LogP contribution in [0.15, 0.2) is 14.3 Å². The second-order valence-corrected chi connectivity index (χ2v) is 7.12. The van der Waals surface area contributed by atoms with Gasteiger partial charge < -0.3 is 5.32 Å². The molecular weight excluding hydrogens is 377 g/mol. The van der Waals surface area contributed by atoms with Crippen molar-refractivity contribution in [2.45, 2.75) is 25.1 Å². The van der Waals surface area contributed by atoms with Gasteiger partial charge in [-0.1, -0.05) is 6.92 Å². The number of carbonyl (C=O) groups excluding carboxylic acids is 1. The first-order valence-corrected chi connectivity index (χ1v) is 7.75. The topological polar surface area (TPSA) is 29.1 Å². The van der Waals surface area contributed by atoms with Gasteiger partial charge in [-0.3, -0.25) is 4.79 Å². The summed E-state index contributed by atoms with van der Waals surface area (Å²) in [5.74, 6) is -0.0450. The number of rotatable bonds is 5. The fourth-order valence-corrected chi connectivity index (χ4v) is 3.15. The van der Waals surface area contributed by atoms with E-state index in [4.69, 9.17) is 11.6 Å². The van der Waals surface area contributed by atoms with Crippen LogP contribution in [0.1, 0.15) is 29.4 Å². The normalized spacial score (nSPS) is 12.5. The standard InChI is InChI=1S/C10H12Br2ClNOS/c1-2-6(13)3-4-14-10(15)8-5-7(11)9(12)16-8/h5-6H,2-4H2,1H3,(H,14,15). The van der Waals surface area contributed by atoms with Crippen molar-refractivity contribution in [3.8, 4) is 0 Å². The molecule has 0 spiro atoms. The molecule has 0 bridgehead atoms. The Labute approximate surface area is 121 Å². The SMILES string of the molecule is CCC(Cl)CCNC(=O)c1cc(Br)c(Br)s1. The molecule has 0 saturated heterocycles. The molecule has 90 valence electrons. The van der Waals surface area contributed by atoms with Gasteiger partial charge in [0.05, 0.1) is 8.66 Å². The van der Waals surface area contributed by atoms with Crippen LogP contribution in [0.5, 0.6) is 0 Å². The summed E-state index contributed by atoms with van der Waals surface area (Å²) in [6.07, 6.45) is 1.73. The molecule has 0 aromatic carbocycles. The van der Waals surface area contributed by atoms with Gasteiger partial charge in [0, 0.05) is 16.4 Å². The first-order chi connectivity index (χ1) is 7.54. The Bertz CT molecular complexity index is 350. The van der Waals surface area contributed by atoms with Crippen LogP contribution in [0.25, 0.3) is 0 Å². The van der Waals surface area contributed by atoms with Crippen molar-refractivity contribution >= 4 is 60.7 Å². The lowest BCUT2D eigenvalue weighted by molar-refractivity contribution is 0.0957. The third kappa shape index (κ3) is 4.35. The molecular formula is C10H12Br2ClNOS. The van der Waals surface area contributed by atoms with E-state index in [-0.39, 0.29) is 11.3 Å². The van der Waals surface area contributed by atoms with Crippen LogP contribution in [0, 0.1) is 0 Å². The zero-order valence-corrected chi connectivity index (χ0v) is 13.5. The molecule has 1 amide bonds. The molecule has 1 rings (SSSR count). The van der Waals surface area contributed by atoms with Crippen LogP contribution in [0.3, 0.4) is 0 Å². The number of hydrogen-bond acceptors (Lipinski definition) is 2. The van der Waals surface area contributed by atoms with Crippen LogP contribution in [0.4, 0.5) is 0 Å². The van der Waals surface area contributed by atoms with E-state index in [1.54, 1.807) is 0 Å². The van der Waals surface area contributed by atoms with Gasteiger partial charge in [-0.25, -0.2) is 0 Å². The van der Waals surface area contributed by atoms with Gasteiger partial charge in [0.2, 0.25) is 0 Å². The number of thiophene rings is 1. The van der Waals surface area contributed by atoms with Crippen LogP contribution in [-0.4, -0.2) is 17.8 Å². The highest BCUT2D eigenvalue weighted by atomic mass is 79.9. The van der Waals surface area contributed by atoms with Gasteiger partial charge in [-0.15, -0.1) is 22.9 Å². The number of halogens is 3. The fourth-order valence-electron chi connectivity index (χ4n) is 1.09. The summed E-state index contributed by atoms with van der Waals surface area (Å²) in [5, 5.41) is 2.99. The summed E-state index contributed by atoms with van der Waals surface area (Å²) in [4.78, 5) is 12.4. The highest BCUT2D eigenvalue weighted by Crippen LogP contribution is 2.32. The van der Waals surface area contributed by atoms with Crippen LogP contribution in [0.2, 0.25) is 0 Å². The predicted octanol–water partition coefficient (Wildman–Crippen LogP) is 4.41. The third-order valence-corrected chi connectivity index (χ3v) is 5.84. The van der Waals surface area contributed by atoms with E-state index in [0.29, 0.717) is 11.4 Å². The van der Waals surface area contributed by atoms with Crippen molar-refractivity contribution in [2.24, 2.45) is 0 Å². The van der Waals surface area contributed by atoms with Crippen molar-refractivity contribution in [3.05, 3.63) is 19.2 Å². The minimum absolute atomic E-state index is 0.0450. The zero-order chi connectivity index (χ0) is 12.1. The summed E-state index contributed by atoms with van der Waals surface area (Å²) in [6, 6.07) is 1.81. The largest absolute Gasteiger partial charge is 0.351 e. The molecule has 1 N–H and O–H groups in total. The first kappa shape index (κ1) is 14.5. The van der Waals surface area contributed by atoms with E-state index in [1.165, 1.54) is 11.3 Å². The summed E-state index contributed by atoms with van der Waals surface area (Å²) < 4.78 is 1.84. The maximum absolute atomic E-state index is 11.7. The van der Waals surface area contributed by atoms with Gasteiger partial charge in [0.25, 0.3) is 5.91 Å². The minimum Gasteiger partial charge on any atom is -0.351 e. The van der Waals surface area contributed by atoms with E-state index < -0.39 is 0 Å². The lowest BCUT2D eigenvalue weighted by Gasteiger charge is -2.06. The van der Waals surface area contributed by atoms with Gasteiger partial charge in [-0.05, 0) is 50.8 Å². The molecule has 1 unspecified atom stereocenters. The van der Waals surface area contributed by atoms with E-state index in [0.717, 1.165) is 21.1 Å². The summed E-state index contributed by atoms with van der Waals surface area (Å²) in [7, 11) is 0. The van der Waals surface area contributed by atoms with Crippen molar-refractivity contribution < 1.29 is 4.79 Å². The van der Waals surface area contributed by atoms with E-state index >= 15 is 0 Å². The molecule has 1 atom stereocenters. The molecule has 1 aromatic rings. The molecule has 16 heavy (non-hydrogen) atoms. The number of nitrogens with one attached hydrogen (secondary N) is 1. The average Bonchev–Trinajstić information content (AvgIpc) is 2.59. The Morgan fingerprint density at radius 2 is 2.31 bits per heavy atom. The smallest absolute Gasteiger partial charge is 0.261 e. The van der Waals surface area contributed by atoms with Crippen molar-refractivity contribution in [2.75, 3.05) is 6.54 Å². The van der Waals surface area contributed by atoms with Crippen molar-refractivity contribution in [1.82, 2.24) is 5.32 Å². The molecule has 1 heterocycles.